The summed E-state index contributed by atoms with van der Waals surface area (Å²) in [4.78, 5) is 14.9. The lowest BCUT2D eigenvalue weighted by Gasteiger charge is -2.09. The number of H-pyrrole nitrogens is 1. The van der Waals surface area contributed by atoms with E-state index in [1.54, 1.807) is 18.3 Å². The molecule has 0 amide bonds. The zero-order chi connectivity index (χ0) is 15.8. The first-order valence-corrected chi connectivity index (χ1v) is 7.22. The van der Waals surface area contributed by atoms with Crippen LogP contribution in [0.2, 0.25) is 0 Å². The Hall–Kier alpha value is -3.22. The molecule has 3 aromatic rings. The molecule has 23 heavy (non-hydrogen) atoms. The summed E-state index contributed by atoms with van der Waals surface area (Å²) in [5, 5.41) is 22.4. The van der Waals surface area contributed by atoms with E-state index >= 15 is 0 Å². The van der Waals surface area contributed by atoms with Crippen LogP contribution in [0.1, 0.15) is 18.2 Å². The van der Waals surface area contributed by atoms with Gasteiger partial charge in [0.25, 0.3) is 5.69 Å². The highest BCUT2D eigenvalue weighted by molar-refractivity contribution is 5.84. The number of nitrogens with zero attached hydrogens (tertiary/aromatic N) is 3. The largest absolute Gasteiger partial charge is 0.382 e. The van der Waals surface area contributed by atoms with Crippen LogP contribution >= 0.6 is 0 Å². The zero-order valence-corrected chi connectivity index (χ0v) is 12.1. The zero-order valence-electron chi connectivity index (χ0n) is 12.1. The van der Waals surface area contributed by atoms with Gasteiger partial charge in [0.15, 0.2) is 5.65 Å². The summed E-state index contributed by atoms with van der Waals surface area (Å²) in [6.07, 6.45) is 6.56. The van der Waals surface area contributed by atoms with Gasteiger partial charge in [0, 0.05) is 29.3 Å². The highest BCUT2D eigenvalue weighted by atomic mass is 16.6. The lowest BCUT2D eigenvalue weighted by atomic mass is 10.0. The Bertz CT molecular complexity index is 923. The number of hydrogen-bond acceptors (Lipinski definition) is 5. The highest BCUT2D eigenvalue weighted by Crippen LogP contribution is 2.30. The van der Waals surface area contributed by atoms with Crippen LogP contribution in [0, 0.1) is 10.1 Å². The van der Waals surface area contributed by atoms with Crippen LogP contribution in [-0.4, -0.2) is 20.1 Å². The van der Waals surface area contributed by atoms with E-state index in [0.29, 0.717) is 5.65 Å². The van der Waals surface area contributed by atoms with Gasteiger partial charge in [-0.2, -0.15) is 5.10 Å². The normalized spacial score (nSPS) is 16.6. The average molecular weight is 307 g/mol. The molecule has 114 valence electrons. The number of nitro groups is 1. The summed E-state index contributed by atoms with van der Waals surface area (Å²) >= 11 is 0. The molecule has 0 spiro atoms. The van der Waals surface area contributed by atoms with Crippen LogP contribution in [0.5, 0.6) is 0 Å². The Labute approximate surface area is 131 Å². The standard InChI is InChI=1S/C16H13N5O2/c22-21(23)12-4-1-3-10(7-12)11-8-13-15(14-5-2-6-17-14)19-20-16(13)18-9-11/h1-4,6-9,14,17H,5H2,(H,18,19,20). The van der Waals surface area contributed by atoms with Gasteiger partial charge in [-0.05, 0) is 24.3 Å². The number of aromatic nitrogens is 3. The Balaban J connectivity index is 1.80. The lowest BCUT2D eigenvalue weighted by Crippen LogP contribution is -2.10. The summed E-state index contributed by atoms with van der Waals surface area (Å²) in [5.41, 5.74) is 3.28. The summed E-state index contributed by atoms with van der Waals surface area (Å²) in [6.45, 7) is 0. The fourth-order valence-electron chi connectivity index (χ4n) is 2.80. The molecule has 4 rings (SSSR count). The number of aromatic amines is 1. The van der Waals surface area contributed by atoms with Crippen LogP contribution in [0.4, 0.5) is 5.69 Å². The molecule has 0 bridgehead atoms. The van der Waals surface area contributed by atoms with Crippen molar-refractivity contribution in [3.05, 3.63) is 64.6 Å². The lowest BCUT2D eigenvalue weighted by molar-refractivity contribution is -0.384. The van der Waals surface area contributed by atoms with Crippen molar-refractivity contribution >= 4 is 16.7 Å². The summed E-state index contributed by atoms with van der Waals surface area (Å²) in [6, 6.07) is 8.68. The van der Waals surface area contributed by atoms with Crippen LogP contribution in [0.25, 0.3) is 22.2 Å². The Morgan fingerprint density at radius 2 is 2.17 bits per heavy atom. The molecule has 0 radical (unpaired) electrons. The van der Waals surface area contributed by atoms with E-state index in [-0.39, 0.29) is 11.7 Å². The molecule has 7 heteroatoms. The molecular weight excluding hydrogens is 294 g/mol. The van der Waals surface area contributed by atoms with Gasteiger partial charge in [0.2, 0.25) is 0 Å². The van der Waals surface area contributed by atoms with E-state index in [1.165, 1.54) is 6.07 Å². The fourth-order valence-corrected chi connectivity index (χ4v) is 2.80. The van der Waals surface area contributed by atoms with Crippen molar-refractivity contribution < 1.29 is 4.92 Å². The van der Waals surface area contributed by atoms with Gasteiger partial charge in [-0.1, -0.05) is 18.2 Å². The molecule has 1 unspecified atom stereocenters. The highest BCUT2D eigenvalue weighted by Gasteiger charge is 2.18. The van der Waals surface area contributed by atoms with Crippen LogP contribution in [-0.2, 0) is 0 Å². The van der Waals surface area contributed by atoms with E-state index in [4.69, 9.17) is 0 Å². The van der Waals surface area contributed by atoms with Gasteiger partial charge in [0.05, 0.1) is 16.7 Å². The Morgan fingerprint density at radius 3 is 2.96 bits per heavy atom. The van der Waals surface area contributed by atoms with Crippen molar-refractivity contribution in [2.24, 2.45) is 0 Å². The topological polar surface area (TPSA) is 96.7 Å². The third-order valence-corrected chi connectivity index (χ3v) is 3.96. The molecule has 2 N–H and O–H groups in total. The van der Waals surface area contributed by atoms with E-state index in [0.717, 1.165) is 28.6 Å². The molecule has 1 aromatic carbocycles. The van der Waals surface area contributed by atoms with Crippen LogP contribution in [0.3, 0.4) is 0 Å². The van der Waals surface area contributed by atoms with Crippen molar-refractivity contribution in [3.8, 4) is 11.1 Å². The van der Waals surface area contributed by atoms with Crippen molar-refractivity contribution in [1.82, 2.24) is 20.5 Å². The van der Waals surface area contributed by atoms with Crippen molar-refractivity contribution in [1.29, 1.82) is 0 Å². The molecule has 1 atom stereocenters. The quantitative estimate of drug-likeness (QED) is 0.572. The van der Waals surface area contributed by atoms with Gasteiger partial charge in [0.1, 0.15) is 0 Å². The molecule has 0 fully saturated rings. The maximum atomic E-state index is 10.9. The maximum Gasteiger partial charge on any atom is 0.270 e. The Morgan fingerprint density at radius 1 is 1.26 bits per heavy atom. The number of non-ortho nitro benzene ring substituents is 1. The first-order valence-electron chi connectivity index (χ1n) is 7.22. The monoisotopic (exact) mass is 307 g/mol. The van der Waals surface area contributed by atoms with Crippen LogP contribution < -0.4 is 5.32 Å². The van der Waals surface area contributed by atoms with Crippen molar-refractivity contribution in [2.45, 2.75) is 12.5 Å². The number of hydrogen-bond donors (Lipinski definition) is 2. The van der Waals surface area contributed by atoms with E-state index in [9.17, 15) is 10.1 Å². The number of nitro benzene ring substituents is 1. The first kappa shape index (κ1) is 13.4. The summed E-state index contributed by atoms with van der Waals surface area (Å²) < 4.78 is 0. The SMILES string of the molecule is O=[N+]([O-])c1cccc(-c2cnc3n[nH]c(C4CC=CN4)c3c2)c1. The molecular formula is C16H13N5O2. The van der Waals surface area contributed by atoms with Crippen molar-refractivity contribution in [3.63, 3.8) is 0 Å². The second-order valence-corrected chi connectivity index (χ2v) is 5.40. The van der Waals surface area contributed by atoms with Crippen molar-refractivity contribution in [2.75, 3.05) is 0 Å². The summed E-state index contributed by atoms with van der Waals surface area (Å²) in [5.74, 6) is 0. The minimum atomic E-state index is -0.396. The molecule has 0 aliphatic carbocycles. The molecule has 1 aliphatic heterocycles. The number of rotatable bonds is 3. The minimum absolute atomic E-state index is 0.0664. The minimum Gasteiger partial charge on any atom is -0.382 e. The number of fused-ring (bicyclic) bond motifs is 1. The third kappa shape index (κ3) is 2.32. The number of benzene rings is 1. The average Bonchev–Trinajstić information content (AvgIpc) is 3.23. The number of pyridine rings is 1. The van der Waals surface area contributed by atoms with Gasteiger partial charge < -0.3 is 5.32 Å². The molecule has 1 aliphatic rings. The third-order valence-electron chi connectivity index (χ3n) is 3.96. The van der Waals surface area contributed by atoms with E-state index in [1.807, 2.05) is 18.3 Å². The predicted octanol–water partition coefficient (Wildman–Crippen LogP) is 3.08. The first-order chi connectivity index (χ1) is 11.2. The smallest absolute Gasteiger partial charge is 0.270 e. The second kappa shape index (κ2) is 5.20. The summed E-state index contributed by atoms with van der Waals surface area (Å²) in [7, 11) is 0. The predicted molar refractivity (Wildman–Crippen MR) is 85.6 cm³/mol. The van der Waals surface area contributed by atoms with E-state index in [2.05, 4.69) is 26.6 Å². The second-order valence-electron chi connectivity index (χ2n) is 5.40. The maximum absolute atomic E-state index is 10.9. The molecule has 7 nitrogen and oxygen atoms in total. The van der Waals surface area contributed by atoms with Gasteiger partial charge in [-0.15, -0.1) is 0 Å². The molecule has 0 saturated carbocycles. The van der Waals surface area contributed by atoms with Gasteiger partial charge in [-0.25, -0.2) is 4.98 Å². The molecule has 3 heterocycles. The van der Waals surface area contributed by atoms with Crippen LogP contribution in [0.15, 0.2) is 48.8 Å². The fraction of sp³-hybridized carbons (Fsp3) is 0.125. The van der Waals surface area contributed by atoms with Gasteiger partial charge >= 0.3 is 0 Å². The van der Waals surface area contributed by atoms with Gasteiger partial charge in [-0.3, -0.25) is 15.2 Å². The number of nitrogens with one attached hydrogen (secondary N) is 2. The Kier molecular flexibility index (Phi) is 3.04. The molecule has 0 saturated heterocycles. The molecule has 2 aromatic heterocycles. The van der Waals surface area contributed by atoms with E-state index < -0.39 is 4.92 Å².